The lowest BCUT2D eigenvalue weighted by Gasteiger charge is -2.17. The first-order valence-electron chi connectivity index (χ1n) is 9.54. The molecule has 0 radical (unpaired) electrons. The molecule has 0 saturated carbocycles. The van der Waals surface area contributed by atoms with Crippen LogP contribution in [0.25, 0.3) is 0 Å². The molecule has 0 saturated heterocycles. The van der Waals surface area contributed by atoms with Crippen LogP contribution in [0.4, 0.5) is 11.4 Å². The van der Waals surface area contributed by atoms with Crippen LogP contribution in [0.2, 0.25) is 0 Å². The number of anilines is 2. The van der Waals surface area contributed by atoms with Crippen LogP contribution in [-0.2, 0) is 14.8 Å². The van der Waals surface area contributed by atoms with Crippen LogP contribution < -0.4 is 10.0 Å². The Bertz CT molecular complexity index is 1160. The molecule has 2 amide bonds. The minimum Gasteiger partial charge on any atom is -0.332 e. The summed E-state index contributed by atoms with van der Waals surface area (Å²) in [4.78, 5) is 26.1. The Morgan fingerprint density at radius 2 is 1.42 bits per heavy atom. The first-order valence-corrected chi connectivity index (χ1v) is 11.0. The third kappa shape index (κ3) is 5.93. The zero-order valence-electron chi connectivity index (χ0n) is 17.2. The van der Waals surface area contributed by atoms with Gasteiger partial charge in [0.2, 0.25) is 5.91 Å². The molecule has 0 heterocycles. The summed E-state index contributed by atoms with van der Waals surface area (Å²) < 4.78 is 27.4. The molecule has 7 nitrogen and oxygen atoms in total. The van der Waals surface area contributed by atoms with Crippen molar-refractivity contribution >= 4 is 33.2 Å². The Morgan fingerprint density at radius 3 is 2.03 bits per heavy atom. The average molecular weight is 438 g/mol. The monoisotopic (exact) mass is 437 g/mol. The van der Waals surface area contributed by atoms with E-state index in [0.717, 1.165) is 5.56 Å². The largest absolute Gasteiger partial charge is 0.332 e. The number of hydrogen-bond acceptors (Lipinski definition) is 4. The normalized spacial score (nSPS) is 10.9. The number of sulfonamides is 1. The van der Waals surface area contributed by atoms with E-state index >= 15 is 0 Å². The number of nitrogens with zero attached hydrogens (tertiary/aromatic N) is 1. The maximum absolute atomic E-state index is 12.5. The summed E-state index contributed by atoms with van der Waals surface area (Å²) in [5.41, 5.74) is 2.33. The molecule has 0 aliphatic rings. The van der Waals surface area contributed by atoms with Crippen LogP contribution in [0.3, 0.4) is 0 Å². The third-order valence-electron chi connectivity index (χ3n) is 4.50. The number of rotatable bonds is 7. The van der Waals surface area contributed by atoms with E-state index in [4.69, 9.17) is 0 Å². The molecular formula is C23H23N3O4S. The molecule has 0 atom stereocenters. The molecule has 3 aromatic carbocycles. The second-order valence-electron chi connectivity index (χ2n) is 7.07. The van der Waals surface area contributed by atoms with Crippen molar-refractivity contribution in [1.29, 1.82) is 0 Å². The zero-order chi connectivity index (χ0) is 22.4. The highest BCUT2D eigenvalue weighted by atomic mass is 32.2. The maximum atomic E-state index is 12.5. The highest BCUT2D eigenvalue weighted by Crippen LogP contribution is 2.19. The molecule has 3 rings (SSSR count). The van der Waals surface area contributed by atoms with Crippen molar-refractivity contribution in [2.75, 3.05) is 23.6 Å². The van der Waals surface area contributed by atoms with Crippen molar-refractivity contribution in [3.63, 3.8) is 0 Å². The van der Waals surface area contributed by atoms with Gasteiger partial charge in [-0.3, -0.25) is 14.3 Å². The minimum atomic E-state index is -3.70. The minimum absolute atomic E-state index is 0.116. The first-order chi connectivity index (χ1) is 14.7. The summed E-state index contributed by atoms with van der Waals surface area (Å²) in [7, 11) is -2.15. The summed E-state index contributed by atoms with van der Waals surface area (Å²) in [5.74, 6) is -0.614. The first kappa shape index (κ1) is 22.0. The van der Waals surface area contributed by atoms with Gasteiger partial charge in [-0.25, -0.2) is 8.42 Å². The van der Waals surface area contributed by atoms with Gasteiger partial charge >= 0.3 is 0 Å². The fourth-order valence-electron chi connectivity index (χ4n) is 2.84. The standard InChI is InChI=1S/C23H23N3O4S/c1-17-8-14-21(15-9-17)31(29,30)25-20-12-10-19(11-13-20)24-22(27)16-26(2)23(28)18-6-4-3-5-7-18/h3-15,25H,16H2,1-2H3,(H,24,27). The van der Waals surface area contributed by atoms with Crippen molar-refractivity contribution in [2.24, 2.45) is 0 Å². The molecule has 0 aliphatic heterocycles. The number of hydrogen-bond donors (Lipinski definition) is 2. The van der Waals surface area contributed by atoms with Crippen LogP contribution in [0.5, 0.6) is 0 Å². The van der Waals surface area contributed by atoms with Gasteiger partial charge in [0.15, 0.2) is 0 Å². The van der Waals surface area contributed by atoms with Gasteiger partial charge in [-0.15, -0.1) is 0 Å². The average Bonchev–Trinajstić information content (AvgIpc) is 2.75. The van der Waals surface area contributed by atoms with E-state index in [0.29, 0.717) is 16.9 Å². The number of amides is 2. The van der Waals surface area contributed by atoms with Crippen LogP contribution in [0.15, 0.2) is 83.8 Å². The second-order valence-corrected chi connectivity index (χ2v) is 8.75. The fourth-order valence-corrected chi connectivity index (χ4v) is 3.90. The number of carbonyl (C=O) groups is 2. The Labute approximate surface area is 181 Å². The topological polar surface area (TPSA) is 95.6 Å². The molecule has 160 valence electrons. The Morgan fingerprint density at radius 1 is 0.839 bits per heavy atom. The van der Waals surface area contributed by atoms with Gasteiger partial charge in [-0.2, -0.15) is 0 Å². The highest BCUT2D eigenvalue weighted by Gasteiger charge is 2.16. The van der Waals surface area contributed by atoms with E-state index in [-0.39, 0.29) is 23.3 Å². The number of carbonyl (C=O) groups excluding carboxylic acids is 2. The van der Waals surface area contributed by atoms with Crippen molar-refractivity contribution in [2.45, 2.75) is 11.8 Å². The molecule has 0 aliphatic carbocycles. The van der Waals surface area contributed by atoms with E-state index in [1.165, 1.54) is 4.90 Å². The van der Waals surface area contributed by atoms with E-state index < -0.39 is 10.0 Å². The van der Waals surface area contributed by atoms with Gasteiger partial charge in [0.1, 0.15) is 0 Å². The third-order valence-corrected chi connectivity index (χ3v) is 5.90. The number of benzene rings is 3. The van der Waals surface area contributed by atoms with Gasteiger partial charge in [0.25, 0.3) is 15.9 Å². The molecule has 2 N–H and O–H groups in total. The summed E-state index contributed by atoms with van der Waals surface area (Å²) >= 11 is 0. The predicted octanol–water partition coefficient (Wildman–Crippen LogP) is 3.51. The van der Waals surface area contributed by atoms with Crippen molar-refractivity contribution < 1.29 is 18.0 Å². The van der Waals surface area contributed by atoms with E-state index in [1.54, 1.807) is 79.8 Å². The molecular weight excluding hydrogens is 414 g/mol. The number of aryl methyl sites for hydroxylation is 1. The van der Waals surface area contributed by atoms with Crippen LogP contribution in [0, 0.1) is 6.92 Å². The van der Waals surface area contributed by atoms with Gasteiger partial charge in [-0.05, 0) is 55.5 Å². The second kappa shape index (κ2) is 9.44. The molecule has 0 fully saturated rings. The molecule has 0 spiro atoms. The quantitative estimate of drug-likeness (QED) is 0.591. The van der Waals surface area contributed by atoms with E-state index in [9.17, 15) is 18.0 Å². The summed E-state index contributed by atoms with van der Waals surface area (Å²) in [6, 6.07) is 21.5. The fraction of sp³-hybridized carbons (Fsp3) is 0.130. The molecule has 0 aromatic heterocycles. The molecule has 3 aromatic rings. The zero-order valence-corrected chi connectivity index (χ0v) is 18.0. The summed E-state index contributed by atoms with van der Waals surface area (Å²) in [6.07, 6.45) is 0. The Kier molecular flexibility index (Phi) is 6.71. The van der Waals surface area contributed by atoms with Crippen LogP contribution in [-0.4, -0.2) is 38.7 Å². The maximum Gasteiger partial charge on any atom is 0.261 e. The Hall–Kier alpha value is -3.65. The SMILES string of the molecule is Cc1ccc(S(=O)(=O)Nc2ccc(NC(=O)CN(C)C(=O)c3ccccc3)cc2)cc1. The van der Waals surface area contributed by atoms with Gasteiger partial charge in [0.05, 0.1) is 11.4 Å². The van der Waals surface area contributed by atoms with Gasteiger partial charge in [-0.1, -0.05) is 35.9 Å². The van der Waals surface area contributed by atoms with Crippen LogP contribution >= 0.6 is 0 Å². The lowest BCUT2D eigenvalue weighted by molar-refractivity contribution is -0.116. The van der Waals surface area contributed by atoms with Crippen LogP contribution in [0.1, 0.15) is 15.9 Å². The Balaban J connectivity index is 1.58. The van der Waals surface area contributed by atoms with Crippen molar-refractivity contribution in [3.05, 3.63) is 90.0 Å². The molecule has 31 heavy (non-hydrogen) atoms. The van der Waals surface area contributed by atoms with Crippen molar-refractivity contribution in [3.8, 4) is 0 Å². The van der Waals surface area contributed by atoms with Gasteiger partial charge < -0.3 is 10.2 Å². The summed E-state index contributed by atoms with van der Waals surface area (Å²) in [6.45, 7) is 1.77. The highest BCUT2D eigenvalue weighted by molar-refractivity contribution is 7.92. The smallest absolute Gasteiger partial charge is 0.261 e. The lowest BCUT2D eigenvalue weighted by Crippen LogP contribution is -2.34. The number of likely N-dealkylation sites (N-methyl/N-ethyl adjacent to an activating group) is 1. The predicted molar refractivity (Wildman–Crippen MR) is 120 cm³/mol. The molecule has 8 heteroatoms. The van der Waals surface area contributed by atoms with Gasteiger partial charge in [0, 0.05) is 24.0 Å². The molecule has 0 unspecified atom stereocenters. The van der Waals surface area contributed by atoms with Crippen molar-refractivity contribution in [1.82, 2.24) is 4.90 Å². The molecule has 0 bridgehead atoms. The summed E-state index contributed by atoms with van der Waals surface area (Å²) in [5, 5.41) is 2.70. The lowest BCUT2D eigenvalue weighted by atomic mass is 10.2. The van der Waals surface area contributed by atoms with E-state index in [2.05, 4.69) is 10.0 Å². The number of nitrogens with one attached hydrogen (secondary N) is 2. The van der Waals surface area contributed by atoms with E-state index in [1.807, 2.05) is 13.0 Å².